The van der Waals surface area contributed by atoms with Crippen LogP contribution in [0.25, 0.3) is 0 Å². The SMILES string of the molecule is COC[C@H](C)NC(=O)c1ccc(OC)c(S(=O)(=O)NC2CCCCC2)c1. The summed E-state index contributed by atoms with van der Waals surface area (Å²) in [6.07, 6.45) is 4.83. The molecule has 0 bridgehead atoms. The Labute approximate surface area is 155 Å². The Morgan fingerprint density at radius 1 is 1.23 bits per heavy atom. The number of rotatable bonds is 8. The van der Waals surface area contributed by atoms with E-state index < -0.39 is 10.0 Å². The minimum Gasteiger partial charge on any atom is -0.495 e. The normalized spacial score (nSPS) is 16.9. The van der Waals surface area contributed by atoms with E-state index in [0.29, 0.717) is 6.61 Å². The lowest BCUT2D eigenvalue weighted by molar-refractivity contribution is 0.0905. The number of methoxy groups -OCH3 is 2. The van der Waals surface area contributed by atoms with Crippen molar-refractivity contribution in [3.05, 3.63) is 23.8 Å². The summed E-state index contributed by atoms with van der Waals surface area (Å²) >= 11 is 0. The molecule has 1 aliphatic rings. The summed E-state index contributed by atoms with van der Waals surface area (Å²) in [4.78, 5) is 12.4. The zero-order valence-electron chi connectivity index (χ0n) is 15.6. The van der Waals surface area contributed by atoms with Crippen molar-refractivity contribution in [1.82, 2.24) is 10.0 Å². The van der Waals surface area contributed by atoms with E-state index in [-0.39, 0.29) is 34.2 Å². The van der Waals surface area contributed by atoms with Gasteiger partial charge in [0, 0.05) is 24.8 Å². The number of amides is 1. The van der Waals surface area contributed by atoms with Crippen LogP contribution in [0.2, 0.25) is 0 Å². The average Bonchev–Trinajstić information content (AvgIpc) is 2.61. The number of carbonyl (C=O) groups is 1. The van der Waals surface area contributed by atoms with Gasteiger partial charge < -0.3 is 14.8 Å². The molecule has 0 aliphatic heterocycles. The van der Waals surface area contributed by atoms with Gasteiger partial charge in [-0.05, 0) is 38.0 Å². The Hall–Kier alpha value is -1.64. The summed E-state index contributed by atoms with van der Waals surface area (Å²) < 4.78 is 38.6. The van der Waals surface area contributed by atoms with Gasteiger partial charge in [0.2, 0.25) is 10.0 Å². The van der Waals surface area contributed by atoms with Gasteiger partial charge in [-0.15, -0.1) is 0 Å². The number of hydrogen-bond donors (Lipinski definition) is 2. The molecule has 1 saturated carbocycles. The van der Waals surface area contributed by atoms with Gasteiger partial charge in [0.15, 0.2) is 0 Å². The number of sulfonamides is 1. The Balaban J connectivity index is 2.24. The summed E-state index contributed by atoms with van der Waals surface area (Å²) in [6.45, 7) is 2.18. The number of ether oxygens (including phenoxy) is 2. The van der Waals surface area contributed by atoms with Crippen LogP contribution in [0.3, 0.4) is 0 Å². The fourth-order valence-corrected chi connectivity index (χ4v) is 4.63. The molecular formula is C18H28N2O5S. The van der Waals surface area contributed by atoms with Gasteiger partial charge in [-0.2, -0.15) is 0 Å². The van der Waals surface area contributed by atoms with Crippen molar-refractivity contribution in [2.75, 3.05) is 20.8 Å². The minimum atomic E-state index is -3.78. The molecule has 1 atom stereocenters. The van der Waals surface area contributed by atoms with Gasteiger partial charge in [0.05, 0.1) is 13.7 Å². The molecule has 2 N–H and O–H groups in total. The zero-order chi connectivity index (χ0) is 19.2. The van der Waals surface area contributed by atoms with Gasteiger partial charge in [-0.3, -0.25) is 4.79 Å². The zero-order valence-corrected chi connectivity index (χ0v) is 16.4. The van der Waals surface area contributed by atoms with Crippen molar-refractivity contribution in [3.8, 4) is 5.75 Å². The molecule has 7 nitrogen and oxygen atoms in total. The quantitative estimate of drug-likeness (QED) is 0.716. The smallest absolute Gasteiger partial charge is 0.251 e. The lowest BCUT2D eigenvalue weighted by atomic mass is 9.96. The molecule has 26 heavy (non-hydrogen) atoms. The fourth-order valence-electron chi connectivity index (χ4n) is 3.13. The highest BCUT2D eigenvalue weighted by molar-refractivity contribution is 7.89. The highest BCUT2D eigenvalue weighted by Crippen LogP contribution is 2.27. The fraction of sp³-hybridized carbons (Fsp3) is 0.611. The van der Waals surface area contributed by atoms with Crippen molar-refractivity contribution < 1.29 is 22.7 Å². The molecule has 1 aliphatic carbocycles. The maximum Gasteiger partial charge on any atom is 0.251 e. The van der Waals surface area contributed by atoms with E-state index in [4.69, 9.17) is 9.47 Å². The first kappa shape index (κ1) is 20.7. The molecule has 0 heterocycles. The first-order valence-corrected chi connectivity index (χ1v) is 10.4. The predicted molar refractivity (Wildman–Crippen MR) is 99.0 cm³/mol. The largest absolute Gasteiger partial charge is 0.495 e. The van der Waals surface area contributed by atoms with Gasteiger partial charge in [0.1, 0.15) is 10.6 Å². The molecule has 146 valence electrons. The van der Waals surface area contributed by atoms with Crippen molar-refractivity contribution in [3.63, 3.8) is 0 Å². The molecule has 1 aromatic rings. The highest BCUT2D eigenvalue weighted by Gasteiger charge is 2.26. The Bertz CT molecular complexity index is 714. The van der Waals surface area contributed by atoms with Crippen LogP contribution in [0, 0.1) is 0 Å². The number of benzene rings is 1. The second kappa shape index (κ2) is 9.34. The Morgan fingerprint density at radius 3 is 2.54 bits per heavy atom. The number of nitrogens with one attached hydrogen (secondary N) is 2. The predicted octanol–water partition coefficient (Wildman–Crippen LogP) is 2.07. The van der Waals surface area contributed by atoms with Gasteiger partial charge in [-0.1, -0.05) is 19.3 Å². The molecule has 0 aromatic heterocycles. The van der Waals surface area contributed by atoms with Gasteiger partial charge >= 0.3 is 0 Å². The third kappa shape index (κ3) is 5.43. The first-order valence-electron chi connectivity index (χ1n) is 8.87. The number of hydrogen-bond acceptors (Lipinski definition) is 5. The van der Waals surface area contributed by atoms with Crippen LogP contribution in [0.15, 0.2) is 23.1 Å². The third-order valence-electron chi connectivity index (χ3n) is 4.44. The van der Waals surface area contributed by atoms with Gasteiger partial charge in [0.25, 0.3) is 5.91 Å². The molecule has 8 heteroatoms. The van der Waals surface area contributed by atoms with Crippen LogP contribution in [0.1, 0.15) is 49.4 Å². The standard InChI is InChI=1S/C18H28N2O5S/c1-13(12-24-2)19-18(21)14-9-10-16(25-3)17(11-14)26(22,23)20-15-7-5-4-6-8-15/h9-11,13,15,20H,4-8,12H2,1-3H3,(H,19,21)/t13-/m0/s1. The van der Waals surface area contributed by atoms with Crippen LogP contribution < -0.4 is 14.8 Å². The monoisotopic (exact) mass is 384 g/mol. The summed E-state index contributed by atoms with van der Waals surface area (Å²) in [5.74, 6) is -0.138. The van der Waals surface area contributed by atoms with E-state index in [0.717, 1.165) is 32.1 Å². The third-order valence-corrected chi connectivity index (χ3v) is 5.98. The first-order chi connectivity index (χ1) is 12.4. The summed E-state index contributed by atoms with van der Waals surface area (Å²) in [5.41, 5.74) is 0.262. The molecule has 2 rings (SSSR count). The molecule has 1 fully saturated rings. The van der Waals surface area contributed by atoms with Crippen molar-refractivity contribution in [2.45, 2.75) is 56.0 Å². The van der Waals surface area contributed by atoms with Crippen LogP contribution >= 0.6 is 0 Å². The molecule has 0 radical (unpaired) electrons. The van der Waals surface area contributed by atoms with E-state index in [1.165, 1.54) is 19.2 Å². The van der Waals surface area contributed by atoms with E-state index in [9.17, 15) is 13.2 Å². The molecule has 0 unspecified atom stereocenters. The van der Waals surface area contributed by atoms with Crippen molar-refractivity contribution in [1.29, 1.82) is 0 Å². The summed E-state index contributed by atoms with van der Waals surface area (Å²) in [6, 6.07) is 4.16. The van der Waals surface area contributed by atoms with E-state index in [2.05, 4.69) is 10.0 Å². The average molecular weight is 384 g/mol. The highest BCUT2D eigenvalue weighted by atomic mass is 32.2. The van der Waals surface area contributed by atoms with E-state index in [1.807, 2.05) is 6.92 Å². The second-order valence-corrected chi connectivity index (χ2v) is 8.33. The molecular weight excluding hydrogens is 356 g/mol. The maximum absolute atomic E-state index is 12.8. The van der Waals surface area contributed by atoms with Gasteiger partial charge in [-0.25, -0.2) is 13.1 Å². The summed E-state index contributed by atoms with van der Waals surface area (Å²) in [5, 5.41) is 2.77. The molecule has 0 spiro atoms. The van der Waals surface area contributed by atoms with Crippen LogP contribution in [0.5, 0.6) is 5.75 Å². The summed E-state index contributed by atoms with van der Waals surface area (Å²) in [7, 11) is -0.812. The van der Waals surface area contributed by atoms with Crippen LogP contribution in [0.4, 0.5) is 0 Å². The van der Waals surface area contributed by atoms with Crippen molar-refractivity contribution >= 4 is 15.9 Å². The Morgan fingerprint density at radius 2 is 1.92 bits per heavy atom. The lowest BCUT2D eigenvalue weighted by Crippen LogP contribution is -2.37. The minimum absolute atomic E-state index is 0.0161. The molecule has 0 saturated heterocycles. The Kier molecular flexibility index (Phi) is 7.43. The van der Waals surface area contributed by atoms with E-state index in [1.54, 1.807) is 13.2 Å². The maximum atomic E-state index is 12.8. The van der Waals surface area contributed by atoms with E-state index >= 15 is 0 Å². The second-order valence-electron chi connectivity index (χ2n) is 6.65. The van der Waals surface area contributed by atoms with Crippen LogP contribution in [-0.2, 0) is 14.8 Å². The topological polar surface area (TPSA) is 93.7 Å². The molecule has 1 aromatic carbocycles. The lowest BCUT2D eigenvalue weighted by Gasteiger charge is -2.23. The van der Waals surface area contributed by atoms with Crippen LogP contribution in [-0.4, -0.2) is 47.2 Å². The van der Waals surface area contributed by atoms with Crippen molar-refractivity contribution in [2.24, 2.45) is 0 Å². The number of carbonyl (C=O) groups excluding carboxylic acids is 1. The molecule has 1 amide bonds.